The van der Waals surface area contributed by atoms with Crippen LogP contribution in [0.25, 0.3) is 0 Å². The number of thioether (sulfide) groups is 1. The van der Waals surface area contributed by atoms with Crippen molar-refractivity contribution in [3.63, 3.8) is 0 Å². The zero-order valence-corrected chi connectivity index (χ0v) is 15.6. The van der Waals surface area contributed by atoms with Gasteiger partial charge in [0.05, 0.1) is 12.2 Å². The molecule has 2 aromatic rings. The van der Waals surface area contributed by atoms with E-state index >= 15 is 0 Å². The van der Waals surface area contributed by atoms with E-state index in [0.29, 0.717) is 5.82 Å². The number of aryl methyl sites for hydroxylation is 1. The highest BCUT2D eigenvalue weighted by Crippen LogP contribution is 2.36. The lowest BCUT2D eigenvalue weighted by Crippen LogP contribution is -2.27. The smallest absolute Gasteiger partial charge is 0.414 e. The second kappa shape index (κ2) is 7.41. The van der Waals surface area contributed by atoms with Gasteiger partial charge >= 0.3 is 6.09 Å². The Morgan fingerprint density at radius 2 is 1.96 bits per heavy atom. The molecule has 0 radical (unpaired) electrons. The van der Waals surface area contributed by atoms with Crippen molar-refractivity contribution in [3.8, 4) is 0 Å². The first kappa shape index (κ1) is 18.1. The van der Waals surface area contributed by atoms with Crippen LogP contribution in [0, 0.1) is 18.6 Å². The maximum absolute atomic E-state index is 14.7. The number of ether oxygens (including phenoxy) is 1. The first-order valence-corrected chi connectivity index (χ1v) is 9.96. The Balaban J connectivity index is 1.51. The molecule has 2 aliphatic rings. The van der Waals surface area contributed by atoms with Crippen LogP contribution in [0.1, 0.15) is 30.1 Å². The zero-order valence-electron chi connectivity index (χ0n) is 14.8. The minimum absolute atomic E-state index is 0.111. The second-order valence-corrected chi connectivity index (χ2v) is 7.94. The van der Waals surface area contributed by atoms with Crippen molar-refractivity contribution >= 4 is 23.5 Å². The Bertz CT molecular complexity index is 833. The number of anilines is 1. The van der Waals surface area contributed by atoms with E-state index in [-0.39, 0.29) is 30.3 Å². The van der Waals surface area contributed by atoms with Gasteiger partial charge in [-0.15, -0.1) is 10.2 Å². The van der Waals surface area contributed by atoms with Crippen LogP contribution in [0.2, 0.25) is 0 Å². The van der Waals surface area contributed by atoms with E-state index in [1.54, 1.807) is 18.7 Å². The molecule has 3 heterocycles. The van der Waals surface area contributed by atoms with Gasteiger partial charge in [0, 0.05) is 5.56 Å². The molecule has 7 nitrogen and oxygen atoms in total. The standard InChI is InChI=1S/C17H19F2N5O2S/c1-10-20-22-24(21-10)9-13-8-23(17(25)26-13)12-6-14(18)16(15(19)7-12)11-2-4-27-5-3-11/h6-7,11,13H,2-5,8-9H2,1H3/t13-/m1/s1. The number of rotatable bonds is 4. The normalized spacial score (nSPS) is 20.9. The maximum Gasteiger partial charge on any atom is 0.414 e. The van der Waals surface area contributed by atoms with Gasteiger partial charge in [0.25, 0.3) is 0 Å². The van der Waals surface area contributed by atoms with Crippen molar-refractivity contribution in [1.29, 1.82) is 0 Å². The van der Waals surface area contributed by atoms with Crippen molar-refractivity contribution < 1.29 is 18.3 Å². The monoisotopic (exact) mass is 395 g/mol. The van der Waals surface area contributed by atoms with Gasteiger partial charge in [0.2, 0.25) is 0 Å². The molecule has 2 fully saturated rings. The number of cyclic esters (lactones) is 1. The van der Waals surface area contributed by atoms with Crippen molar-refractivity contribution in [1.82, 2.24) is 20.2 Å². The lowest BCUT2D eigenvalue weighted by molar-refractivity contribution is 0.126. The molecule has 1 aromatic carbocycles. The highest BCUT2D eigenvalue weighted by Gasteiger charge is 2.34. The van der Waals surface area contributed by atoms with Gasteiger partial charge in [-0.25, -0.2) is 13.6 Å². The summed E-state index contributed by atoms with van der Waals surface area (Å²) in [6, 6.07) is 2.45. The van der Waals surface area contributed by atoms with E-state index < -0.39 is 23.8 Å². The van der Waals surface area contributed by atoms with Gasteiger partial charge < -0.3 is 4.74 Å². The number of amides is 1. The van der Waals surface area contributed by atoms with Crippen molar-refractivity contribution in [2.75, 3.05) is 23.0 Å². The molecule has 0 bridgehead atoms. The average molecular weight is 395 g/mol. The second-order valence-electron chi connectivity index (χ2n) is 6.72. The zero-order chi connectivity index (χ0) is 19.0. The number of aromatic nitrogens is 4. The van der Waals surface area contributed by atoms with Gasteiger partial charge in [-0.1, -0.05) is 0 Å². The largest absolute Gasteiger partial charge is 0.442 e. The molecule has 1 atom stereocenters. The minimum atomic E-state index is -0.641. The van der Waals surface area contributed by atoms with Crippen LogP contribution < -0.4 is 4.90 Å². The first-order valence-electron chi connectivity index (χ1n) is 8.80. The molecule has 4 rings (SSSR count). The van der Waals surface area contributed by atoms with E-state index in [0.717, 1.165) is 24.3 Å². The highest BCUT2D eigenvalue weighted by molar-refractivity contribution is 7.99. The van der Waals surface area contributed by atoms with Gasteiger partial charge in [-0.05, 0) is 54.5 Å². The third kappa shape index (κ3) is 3.76. The summed E-state index contributed by atoms with van der Waals surface area (Å²) < 4.78 is 34.6. The van der Waals surface area contributed by atoms with E-state index in [2.05, 4.69) is 15.4 Å². The van der Waals surface area contributed by atoms with E-state index in [4.69, 9.17) is 4.74 Å². The fraction of sp³-hybridized carbons (Fsp3) is 0.529. The molecule has 1 aromatic heterocycles. The Morgan fingerprint density at radius 1 is 1.26 bits per heavy atom. The van der Waals surface area contributed by atoms with Crippen molar-refractivity contribution in [2.24, 2.45) is 0 Å². The van der Waals surface area contributed by atoms with E-state index in [9.17, 15) is 13.6 Å². The number of carbonyl (C=O) groups excluding carboxylic acids is 1. The van der Waals surface area contributed by atoms with Gasteiger partial charge in [-0.3, -0.25) is 4.90 Å². The molecule has 1 amide bonds. The summed E-state index contributed by atoms with van der Waals surface area (Å²) in [5.74, 6) is 0.998. The van der Waals surface area contributed by atoms with Crippen molar-refractivity contribution in [2.45, 2.75) is 38.3 Å². The molecule has 0 saturated carbocycles. The Hall–Kier alpha value is -2.23. The molecule has 144 valence electrons. The maximum atomic E-state index is 14.7. The Labute approximate surface area is 159 Å². The number of nitrogens with zero attached hydrogens (tertiary/aromatic N) is 5. The molecule has 2 saturated heterocycles. The highest BCUT2D eigenvalue weighted by atomic mass is 32.2. The SMILES string of the molecule is Cc1nnn(C[C@H]2CN(c3cc(F)c(C4CCSCC4)c(F)c3)C(=O)O2)n1. The predicted molar refractivity (Wildman–Crippen MR) is 95.8 cm³/mol. The Morgan fingerprint density at radius 3 is 2.59 bits per heavy atom. The third-order valence-electron chi connectivity index (χ3n) is 4.80. The number of halogens is 2. The number of benzene rings is 1. The van der Waals surface area contributed by atoms with Gasteiger partial charge in [-0.2, -0.15) is 16.6 Å². The molecule has 27 heavy (non-hydrogen) atoms. The number of carbonyl (C=O) groups is 1. The van der Waals surface area contributed by atoms with Gasteiger partial charge in [0.15, 0.2) is 5.82 Å². The molecule has 2 aliphatic heterocycles. The summed E-state index contributed by atoms with van der Waals surface area (Å²) >= 11 is 1.80. The first-order chi connectivity index (χ1) is 13.0. The third-order valence-corrected chi connectivity index (χ3v) is 5.85. The van der Waals surface area contributed by atoms with E-state index in [1.807, 2.05) is 0 Å². The quantitative estimate of drug-likeness (QED) is 0.793. The fourth-order valence-electron chi connectivity index (χ4n) is 3.51. The lowest BCUT2D eigenvalue weighted by atomic mass is 9.92. The van der Waals surface area contributed by atoms with Gasteiger partial charge in [0.1, 0.15) is 24.3 Å². The summed E-state index contributed by atoms with van der Waals surface area (Å²) in [6.07, 6.45) is 0.358. The summed E-state index contributed by atoms with van der Waals surface area (Å²) in [5, 5.41) is 11.6. The van der Waals surface area contributed by atoms with Crippen LogP contribution in [0.4, 0.5) is 19.3 Å². The molecular weight excluding hydrogens is 376 g/mol. The summed E-state index contributed by atoms with van der Waals surface area (Å²) in [5.41, 5.74) is 0.291. The summed E-state index contributed by atoms with van der Waals surface area (Å²) in [6.45, 7) is 2.10. The van der Waals surface area contributed by atoms with E-state index in [1.165, 1.54) is 21.8 Å². The van der Waals surface area contributed by atoms with Crippen molar-refractivity contribution in [3.05, 3.63) is 35.2 Å². The average Bonchev–Trinajstić information content (AvgIpc) is 3.20. The van der Waals surface area contributed by atoms with Crippen LogP contribution in [0.3, 0.4) is 0 Å². The van der Waals surface area contributed by atoms with Crippen LogP contribution >= 0.6 is 11.8 Å². The van der Waals surface area contributed by atoms with Crippen LogP contribution in [-0.4, -0.2) is 50.5 Å². The molecule has 0 N–H and O–H groups in total. The number of hydrogen-bond acceptors (Lipinski definition) is 6. The molecule has 0 aliphatic carbocycles. The Kier molecular flexibility index (Phi) is 4.98. The molecule has 0 unspecified atom stereocenters. The summed E-state index contributed by atoms with van der Waals surface area (Å²) in [4.78, 5) is 14.8. The molecule has 0 spiro atoms. The minimum Gasteiger partial charge on any atom is -0.442 e. The van der Waals surface area contributed by atoms with Crippen LogP contribution in [-0.2, 0) is 11.3 Å². The molecular formula is C17H19F2N5O2S. The fourth-order valence-corrected chi connectivity index (χ4v) is 4.62. The predicted octanol–water partition coefficient (Wildman–Crippen LogP) is 2.90. The molecule has 10 heteroatoms. The lowest BCUT2D eigenvalue weighted by Gasteiger charge is -2.23. The summed E-state index contributed by atoms with van der Waals surface area (Å²) in [7, 11) is 0. The van der Waals surface area contributed by atoms with Crippen LogP contribution in [0.15, 0.2) is 12.1 Å². The topological polar surface area (TPSA) is 73.1 Å². The van der Waals surface area contributed by atoms with Crippen LogP contribution in [0.5, 0.6) is 0 Å². The number of hydrogen-bond donors (Lipinski definition) is 0. The number of tetrazole rings is 1.